The van der Waals surface area contributed by atoms with Gasteiger partial charge in [-0.2, -0.15) is 0 Å². The molecular formula is C17H26N6. The third kappa shape index (κ3) is 4.21. The number of nitrogens with zero attached hydrogens (tertiary/aromatic N) is 6. The Morgan fingerprint density at radius 2 is 2.26 bits per heavy atom. The van der Waals surface area contributed by atoms with Gasteiger partial charge in [0.25, 0.3) is 0 Å². The lowest BCUT2D eigenvalue weighted by atomic mass is 10.0. The van der Waals surface area contributed by atoms with Gasteiger partial charge < -0.3 is 14.4 Å². The predicted octanol–water partition coefficient (Wildman–Crippen LogP) is 2.44. The first-order valence-corrected chi connectivity index (χ1v) is 8.46. The zero-order valence-electron chi connectivity index (χ0n) is 14.1. The standard InChI is InChI=1S/C17H26N6/c1-15-5-3-9-23(12-15)17-11-16(19-13-20-17)21(2)7-4-8-22-10-6-18-14-22/h6,10-11,13-15H,3-5,7-9,12H2,1-2H3. The average Bonchev–Trinajstić information content (AvgIpc) is 3.08. The van der Waals surface area contributed by atoms with E-state index in [9.17, 15) is 0 Å². The summed E-state index contributed by atoms with van der Waals surface area (Å²) in [7, 11) is 2.10. The first kappa shape index (κ1) is 15.8. The Balaban J connectivity index is 1.57. The van der Waals surface area contributed by atoms with Crippen molar-refractivity contribution < 1.29 is 0 Å². The van der Waals surface area contributed by atoms with Crippen LogP contribution < -0.4 is 9.80 Å². The normalized spacial score (nSPS) is 18.2. The Kier molecular flexibility index (Phi) is 5.10. The van der Waals surface area contributed by atoms with Crippen LogP contribution in [0, 0.1) is 5.92 Å². The van der Waals surface area contributed by atoms with Crippen molar-refractivity contribution in [3.05, 3.63) is 31.1 Å². The minimum Gasteiger partial charge on any atom is -0.359 e. The van der Waals surface area contributed by atoms with Crippen LogP contribution in [0.15, 0.2) is 31.1 Å². The fourth-order valence-electron chi connectivity index (χ4n) is 3.14. The minimum absolute atomic E-state index is 0.745. The van der Waals surface area contributed by atoms with E-state index in [2.05, 4.69) is 49.4 Å². The van der Waals surface area contributed by atoms with Gasteiger partial charge in [-0.3, -0.25) is 0 Å². The second-order valence-electron chi connectivity index (χ2n) is 6.50. The van der Waals surface area contributed by atoms with Crippen molar-refractivity contribution in [2.45, 2.75) is 32.7 Å². The van der Waals surface area contributed by atoms with Gasteiger partial charge in [0, 0.05) is 51.7 Å². The topological polar surface area (TPSA) is 50.1 Å². The van der Waals surface area contributed by atoms with Gasteiger partial charge in [-0.1, -0.05) is 6.92 Å². The molecule has 0 bridgehead atoms. The van der Waals surface area contributed by atoms with Crippen LogP contribution in [0.3, 0.4) is 0 Å². The van der Waals surface area contributed by atoms with Crippen molar-refractivity contribution in [3.8, 4) is 0 Å². The molecule has 3 heterocycles. The zero-order valence-corrected chi connectivity index (χ0v) is 14.1. The molecule has 0 spiro atoms. The minimum atomic E-state index is 0.745. The number of aromatic nitrogens is 4. The lowest BCUT2D eigenvalue weighted by Crippen LogP contribution is -2.35. The van der Waals surface area contributed by atoms with E-state index in [1.165, 1.54) is 12.8 Å². The summed E-state index contributed by atoms with van der Waals surface area (Å²) < 4.78 is 2.11. The van der Waals surface area contributed by atoms with E-state index in [4.69, 9.17) is 0 Å². The van der Waals surface area contributed by atoms with Crippen molar-refractivity contribution in [1.29, 1.82) is 0 Å². The maximum absolute atomic E-state index is 4.48. The van der Waals surface area contributed by atoms with E-state index < -0.39 is 0 Å². The maximum Gasteiger partial charge on any atom is 0.134 e. The summed E-state index contributed by atoms with van der Waals surface area (Å²) in [6.45, 7) is 6.46. The fourth-order valence-corrected chi connectivity index (χ4v) is 3.14. The Bertz CT molecular complexity index is 597. The Hall–Kier alpha value is -2.11. The molecule has 0 N–H and O–H groups in total. The van der Waals surface area contributed by atoms with Crippen molar-refractivity contribution >= 4 is 11.6 Å². The van der Waals surface area contributed by atoms with Crippen molar-refractivity contribution in [2.75, 3.05) is 36.5 Å². The molecule has 1 saturated heterocycles. The monoisotopic (exact) mass is 314 g/mol. The van der Waals surface area contributed by atoms with Gasteiger partial charge in [-0.25, -0.2) is 15.0 Å². The van der Waals surface area contributed by atoms with E-state index in [1.807, 2.05) is 18.7 Å². The highest BCUT2D eigenvalue weighted by Gasteiger charge is 2.18. The second-order valence-corrected chi connectivity index (χ2v) is 6.50. The molecule has 6 heteroatoms. The Labute approximate surface area is 138 Å². The summed E-state index contributed by atoms with van der Waals surface area (Å²) in [5, 5.41) is 0. The Morgan fingerprint density at radius 1 is 1.35 bits per heavy atom. The highest BCUT2D eigenvalue weighted by Crippen LogP contribution is 2.23. The lowest BCUT2D eigenvalue weighted by molar-refractivity contribution is 0.444. The number of hydrogen-bond acceptors (Lipinski definition) is 5. The van der Waals surface area contributed by atoms with E-state index in [-0.39, 0.29) is 0 Å². The third-order valence-electron chi connectivity index (χ3n) is 4.48. The van der Waals surface area contributed by atoms with Crippen molar-refractivity contribution in [2.24, 2.45) is 5.92 Å². The third-order valence-corrected chi connectivity index (χ3v) is 4.48. The summed E-state index contributed by atoms with van der Waals surface area (Å²) in [6, 6.07) is 2.12. The van der Waals surface area contributed by atoms with Gasteiger partial charge in [0.2, 0.25) is 0 Å². The van der Waals surface area contributed by atoms with Gasteiger partial charge >= 0.3 is 0 Å². The SMILES string of the molecule is CC1CCCN(c2cc(N(C)CCCn3ccnc3)ncn2)C1. The second kappa shape index (κ2) is 7.44. The smallest absolute Gasteiger partial charge is 0.134 e. The first-order chi connectivity index (χ1) is 11.2. The molecule has 23 heavy (non-hydrogen) atoms. The van der Waals surface area contributed by atoms with E-state index in [1.54, 1.807) is 6.33 Å². The molecule has 1 atom stereocenters. The van der Waals surface area contributed by atoms with Crippen LogP contribution in [-0.2, 0) is 6.54 Å². The largest absolute Gasteiger partial charge is 0.359 e. The lowest BCUT2D eigenvalue weighted by Gasteiger charge is -2.32. The number of rotatable bonds is 6. The summed E-state index contributed by atoms with van der Waals surface area (Å²) in [4.78, 5) is 17.6. The highest BCUT2D eigenvalue weighted by molar-refractivity contribution is 5.49. The fraction of sp³-hybridized carbons (Fsp3) is 0.588. The van der Waals surface area contributed by atoms with Crippen LogP contribution in [0.1, 0.15) is 26.2 Å². The van der Waals surface area contributed by atoms with E-state index >= 15 is 0 Å². The van der Waals surface area contributed by atoms with Gasteiger partial charge in [-0.05, 0) is 25.2 Å². The molecule has 0 saturated carbocycles. The number of hydrogen-bond donors (Lipinski definition) is 0. The molecular weight excluding hydrogens is 288 g/mol. The summed E-state index contributed by atoms with van der Waals surface area (Å²) in [6.07, 6.45) is 11.0. The van der Waals surface area contributed by atoms with Crippen LogP contribution in [0.25, 0.3) is 0 Å². The van der Waals surface area contributed by atoms with Crippen LogP contribution in [0.2, 0.25) is 0 Å². The van der Waals surface area contributed by atoms with Crippen LogP contribution in [0.4, 0.5) is 11.6 Å². The van der Waals surface area contributed by atoms with Gasteiger partial charge in [-0.15, -0.1) is 0 Å². The average molecular weight is 314 g/mol. The highest BCUT2D eigenvalue weighted by atomic mass is 15.2. The molecule has 6 nitrogen and oxygen atoms in total. The molecule has 1 aliphatic heterocycles. The zero-order chi connectivity index (χ0) is 16.1. The molecule has 0 amide bonds. The molecule has 0 aliphatic carbocycles. The molecule has 2 aromatic rings. The summed E-state index contributed by atoms with van der Waals surface area (Å²) >= 11 is 0. The van der Waals surface area contributed by atoms with E-state index in [0.29, 0.717) is 0 Å². The molecule has 1 fully saturated rings. The van der Waals surface area contributed by atoms with Gasteiger partial charge in [0.15, 0.2) is 0 Å². The molecule has 0 aromatic carbocycles. The summed E-state index contributed by atoms with van der Waals surface area (Å²) in [5.41, 5.74) is 0. The number of imidazole rings is 1. The molecule has 2 aromatic heterocycles. The number of anilines is 2. The number of aryl methyl sites for hydroxylation is 1. The van der Waals surface area contributed by atoms with E-state index in [0.717, 1.165) is 50.2 Å². The molecule has 3 rings (SSSR count). The molecule has 1 aliphatic rings. The molecule has 0 radical (unpaired) electrons. The number of piperidine rings is 1. The van der Waals surface area contributed by atoms with Gasteiger partial charge in [0.1, 0.15) is 18.0 Å². The van der Waals surface area contributed by atoms with Gasteiger partial charge in [0.05, 0.1) is 6.33 Å². The molecule has 1 unspecified atom stereocenters. The molecule has 124 valence electrons. The van der Waals surface area contributed by atoms with Crippen molar-refractivity contribution in [3.63, 3.8) is 0 Å². The first-order valence-electron chi connectivity index (χ1n) is 8.46. The predicted molar refractivity (Wildman–Crippen MR) is 92.8 cm³/mol. The maximum atomic E-state index is 4.48. The summed E-state index contributed by atoms with van der Waals surface area (Å²) in [5.74, 6) is 2.80. The van der Waals surface area contributed by atoms with Crippen LogP contribution in [0.5, 0.6) is 0 Å². The van der Waals surface area contributed by atoms with Crippen molar-refractivity contribution in [1.82, 2.24) is 19.5 Å². The van der Waals surface area contributed by atoms with Crippen LogP contribution >= 0.6 is 0 Å². The van der Waals surface area contributed by atoms with Crippen LogP contribution in [-0.4, -0.2) is 46.2 Å². The Morgan fingerprint density at radius 3 is 3.04 bits per heavy atom. The quantitative estimate of drug-likeness (QED) is 0.819.